The molecule has 0 aromatic heterocycles. The topological polar surface area (TPSA) is 155 Å². The van der Waals surface area contributed by atoms with E-state index in [1.807, 2.05) is 0 Å². The van der Waals surface area contributed by atoms with Crippen LogP contribution in [0.25, 0.3) is 0 Å². The number of Topliss-reactive ketones (excluding diaryl/α,β-unsaturated/α-hetero) is 1. The molecular formula is C25H22O10. The molecule has 35 heavy (non-hydrogen) atoms. The lowest BCUT2D eigenvalue weighted by atomic mass is 9.92. The number of phenols is 3. The number of aliphatic hydroxyl groups excluding tert-OH is 2. The molecule has 10 heteroatoms. The highest BCUT2D eigenvalue weighted by Gasteiger charge is 2.40. The van der Waals surface area contributed by atoms with E-state index < -0.39 is 41.7 Å². The van der Waals surface area contributed by atoms with E-state index in [1.54, 1.807) is 24.3 Å². The Balaban J connectivity index is 1.46. The van der Waals surface area contributed by atoms with Crippen LogP contribution in [-0.2, 0) is 0 Å². The Morgan fingerprint density at radius 3 is 2.23 bits per heavy atom. The van der Waals surface area contributed by atoms with Gasteiger partial charge in [0.2, 0.25) is 5.78 Å². The van der Waals surface area contributed by atoms with Gasteiger partial charge in [0.25, 0.3) is 0 Å². The summed E-state index contributed by atoms with van der Waals surface area (Å²) >= 11 is 0. The lowest BCUT2D eigenvalue weighted by Gasteiger charge is -2.35. The van der Waals surface area contributed by atoms with Crippen molar-refractivity contribution in [1.29, 1.82) is 0 Å². The SMILES string of the molecule is COc1cc(C2Oc3ccc(C4Oc5ccc(O)c(O)c5C(=O)C4O)cc3OC2CO)ccc1O. The fraction of sp³-hybridized carbons (Fsp3) is 0.240. The van der Waals surface area contributed by atoms with Crippen LogP contribution in [0.2, 0.25) is 0 Å². The van der Waals surface area contributed by atoms with E-state index in [0.717, 1.165) is 0 Å². The second-order valence-corrected chi connectivity index (χ2v) is 8.17. The molecule has 5 rings (SSSR count). The summed E-state index contributed by atoms with van der Waals surface area (Å²) in [6, 6.07) is 11.9. The molecule has 2 aliphatic heterocycles. The van der Waals surface area contributed by atoms with Crippen LogP contribution in [0.1, 0.15) is 33.7 Å². The lowest BCUT2D eigenvalue weighted by molar-refractivity contribution is -0.0130. The van der Waals surface area contributed by atoms with Gasteiger partial charge < -0.3 is 44.5 Å². The van der Waals surface area contributed by atoms with Gasteiger partial charge >= 0.3 is 0 Å². The predicted octanol–water partition coefficient (Wildman–Crippen LogP) is 2.36. The van der Waals surface area contributed by atoms with Crippen molar-refractivity contribution in [3.05, 3.63) is 65.2 Å². The van der Waals surface area contributed by atoms with Crippen molar-refractivity contribution in [1.82, 2.24) is 0 Å². The monoisotopic (exact) mass is 482 g/mol. The van der Waals surface area contributed by atoms with Crippen LogP contribution in [0.3, 0.4) is 0 Å². The van der Waals surface area contributed by atoms with E-state index in [1.165, 1.54) is 31.4 Å². The fourth-order valence-electron chi connectivity index (χ4n) is 4.25. The smallest absolute Gasteiger partial charge is 0.203 e. The number of ketones is 1. The minimum absolute atomic E-state index is 0.0186. The van der Waals surface area contributed by atoms with Crippen molar-refractivity contribution in [2.24, 2.45) is 0 Å². The van der Waals surface area contributed by atoms with Crippen molar-refractivity contribution >= 4 is 5.78 Å². The van der Waals surface area contributed by atoms with Crippen LogP contribution >= 0.6 is 0 Å². The normalized spacial score (nSPS) is 22.8. The van der Waals surface area contributed by atoms with Crippen LogP contribution in [0.4, 0.5) is 0 Å². The van der Waals surface area contributed by atoms with Gasteiger partial charge in [-0.3, -0.25) is 4.79 Å². The van der Waals surface area contributed by atoms with Gasteiger partial charge in [0.1, 0.15) is 11.3 Å². The molecule has 0 amide bonds. The van der Waals surface area contributed by atoms with Gasteiger partial charge in [-0.1, -0.05) is 12.1 Å². The molecule has 4 atom stereocenters. The summed E-state index contributed by atoms with van der Waals surface area (Å²) < 4.78 is 23.0. The second-order valence-electron chi connectivity index (χ2n) is 8.17. The number of aliphatic hydroxyl groups is 2. The molecule has 0 bridgehead atoms. The highest BCUT2D eigenvalue weighted by Crippen LogP contribution is 2.46. The van der Waals surface area contributed by atoms with E-state index in [2.05, 4.69) is 0 Å². The van der Waals surface area contributed by atoms with Gasteiger partial charge in [0, 0.05) is 5.56 Å². The minimum atomic E-state index is -1.65. The first-order valence-electron chi connectivity index (χ1n) is 10.7. The van der Waals surface area contributed by atoms with Crippen molar-refractivity contribution < 1.29 is 49.3 Å². The Labute approximate surface area is 199 Å². The Bertz CT molecular complexity index is 1300. The number of fused-ring (bicyclic) bond motifs is 2. The molecule has 3 aromatic rings. The van der Waals surface area contributed by atoms with Crippen molar-refractivity contribution in [2.75, 3.05) is 13.7 Å². The van der Waals surface area contributed by atoms with Crippen LogP contribution in [0.5, 0.6) is 40.2 Å². The molecule has 2 aliphatic rings. The summed E-state index contributed by atoms with van der Waals surface area (Å²) in [4.78, 5) is 12.7. The molecule has 3 aromatic carbocycles. The number of aromatic hydroxyl groups is 3. The average molecular weight is 482 g/mol. The number of phenolic OH excluding ortho intramolecular Hbond substituents is 3. The van der Waals surface area contributed by atoms with E-state index in [9.17, 15) is 30.3 Å². The largest absolute Gasteiger partial charge is 0.504 e. The molecule has 10 nitrogen and oxygen atoms in total. The summed E-state index contributed by atoms with van der Waals surface area (Å²) in [7, 11) is 1.42. The molecular weight excluding hydrogens is 460 g/mol. The van der Waals surface area contributed by atoms with E-state index in [0.29, 0.717) is 16.9 Å². The molecule has 0 spiro atoms. The molecule has 4 unspecified atom stereocenters. The maximum atomic E-state index is 12.7. The van der Waals surface area contributed by atoms with Crippen LogP contribution < -0.4 is 18.9 Å². The minimum Gasteiger partial charge on any atom is -0.504 e. The number of rotatable bonds is 4. The zero-order chi connectivity index (χ0) is 24.9. The number of carbonyl (C=O) groups is 1. The van der Waals surface area contributed by atoms with Crippen LogP contribution in [-0.4, -0.2) is 57.2 Å². The van der Waals surface area contributed by atoms with Gasteiger partial charge in [0.05, 0.1) is 13.7 Å². The van der Waals surface area contributed by atoms with Gasteiger partial charge in [-0.25, -0.2) is 0 Å². The number of benzene rings is 3. The lowest BCUT2D eigenvalue weighted by Crippen LogP contribution is -2.37. The molecule has 0 saturated heterocycles. The highest BCUT2D eigenvalue weighted by molar-refractivity contribution is 6.06. The number of hydrogen-bond donors (Lipinski definition) is 5. The van der Waals surface area contributed by atoms with E-state index in [4.69, 9.17) is 18.9 Å². The first-order valence-corrected chi connectivity index (χ1v) is 10.7. The second kappa shape index (κ2) is 8.57. The van der Waals surface area contributed by atoms with E-state index >= 15 is 0 Å². The fourth-order valence-corrected chi connectivity index (χ4v) is 4.25. The zero-order valence-electron chi connectivity index (χ0n) is 18.4. The summed E-state index contributed by atoms with van der Waals surface area (Å²) in [5.74, 6) is -1.10. The first kappa shape index (κ1) is 22.6. The summed E-state index contributed by atoms with van der Waals surface area (Å²) in [5, 5.41) is 50.1. The van der Waals surface area contributed by atoms with Gasteiger partial charge in [0.15, 0.2) is 58.9 Å². The van der Waals surface area contributed by atoms with Crippen LogP contribution in [0, 0.1) is 0 Å². The summed E-state index contributed by atoms with van der Waals surface area (Å²) in [6.45, 7) is -0.380. The molecule has 0 fully saturated rings. The molecule has 0 radical (unpaired) electrons. The van der Waals surface area contributed by atoms with Crippen molar-refractivity contribution in [3.8, 4) is 40.2 Å². The number of ether oxygens (including phenoxy) is 4. The Morgan fingerprint density at radius 1 is 0.829 bits per heavy atom. The number of carbonyl (C=O) groups excluding carboxylic acids is 1. The predicted molar refractivity (Wildman–Crippen MR) is 119 cm³/mol. The quantitative estimate of drug-likeness (QED) is 0.350. The third kappa shape index (κ3) is 3.72. The number of hydrogen-bond acceptors (Lipinski definition) is 10. The Kier molecular flexibility index (Phi) is 5.54. The Morgan fingerprint density at radius 2 is 1.49 bits per heavy atom. The van der Waals surface area contributed by atoms with Crippen LogP contribution in [0.15, 0.2) is 48.5 Å². The van der Waals surface area contributed by atoms with Gasteiger partial charge in [-0.2, -0.15) is 0 Å². The zero-order valence-corrected chi connectivity index (χ0v) is 18.4. The molecule has 5 N–H and O–H groups in total. The average Bonchev–Trinajstić information content (AvgIpc) is 2.87. The maximum absolute atomic E-state index is 12.7. The number of methoxy groups -OCH3 is 1. The molecule has 182 valence electrons. The van der Waals surface area contributed by atoms with E-state index in [-0.39, 0.29) is 35.2 Å². The van der Waals surface area contributed by atoms with Gasteiger partial charge in [-0.05, 0) is 42.0 Å². The maximum Gasteiger partial charge on any atom is 0.203 e. The third-order valence-corrected chi connectivity index (χ3v) is 6.05. The molecule has 0 saturated carbocycles. The molecule has 0 aliphatic carbocycles. The summed E-state index contributed by atoms with van der Waals surface area (Å²) in [5.41, 5.74) is 0.719. The molecule has 2 heterocycles. The Hall–Kier alpha value is -4.15. The summed E-state index contributed by atoms with van der Waals surface area (Å²) in [6.07, 6.45) is -4.26. The third-order valence-electron chi connectivity index (χ3n) is 6.05. The highest BCUT2D eigenvalue weighted by atomic mass is 16.6. The van der Waals surface area contributed by atoms with Crippen molar-refractivity contribution in [2.45, 2.75) is 24.4 Å². The first-order chi connectivity index (χ1) is 16.8. The van der Waals surface area contributed by atoms with Crippen molar-refractivity contribution in [3.63, 3.8) is 0 Å². The van der Waals surface area contributed by atoms with Gasteiger partial charge in [-0.15, -0.1) is 0 Å². The standard InChI is InChI=1S/C25H22O10/c1-32-17-8-11(2-4-13(17)27)24-19(10-26)33-18-9-12(3-6-15(18)34-24)25-23(31)22(30)20-16(35-25)7-5-14(28)21(20)29/h2-9,19,23-29,31H,10H2,1H3.